The Labute approximate surface area is 251 Å². The molecule has 2 atom stereocenters. The summed E-state index contributed by atoms with van der Waals surface area (Å²) in [5.41, 5.74) is 2.70. The highest BCUT2D eigenvalue weighted by molar-refractivity contribution is 8.25. The Morgan fingerprint density at radius 2 is 1.80 bits per heavy atom. The predicted molar refractivity (Wildman–Crippen MR) is 169 cm³/mol. The summed E-state index contributed by atoms with van der Waals surface area (Å²) in [6.07, 6.45) is 7.14. The third-order valence-electron chi connectivity index (χ3n) is 7.60. The Hall–Kier alpha value is -1.72. The van der Waals surface area contributed by atoms with Crippen molar-refractivity contribution in [3.63, 3.8) is 0 Å². The van der Waals surface area contributed by atoms with Crippen molar-refractivity contribution < 1.29 is 19.0 Å². The van der Waals surface area contributed by atoms with Gasteiger partial charge in [-0.15, -0.1) is 23.2 Å². The monoisotopic (exact) mass is 614 g/mol. The highest BCUT2D eigenvalue weighted by Crippen LogP contribution is 2.50. The molecular weight excluding hydrogens is 571 g/mol. The van der Waals surface area contributed by atoms with Crippen molar-refractivity contribution in [2.45, 2.75) is 76.5 Å². The average molecular weight is 616 g/mol. The normalized spacial score (nSPS) is 19.7. The third-order valence-corrected chi connectivity index (χ3v) is 9.79. The first-order valence-corrected chi connectivity index (χ1v) is 16.2. The molecule has 2 aromatic rings. The van der Waals surface area contributed by atoms with Crippen molar-refractivity contribution in [1.82, 2.24) is 10.6 Å². The predicted octanol–water partition coefficient (Wildman–Crippen LogP) is 6.08. The van der Waals surface area contributed by atoms with Crippen molar-refractivity contribution in [2.24, 2.45) is 0 Å². The fourth-order valence-electron chi connectivity index (χ4n) is 5.44. The van der Waals surface area contributed by atoms with Crippen LogP contribution in [0, 0.1) is 0 Å². The van der Waals surface area contributed by atoms with E-state index in [-0.39, 0.29) is 18.3 Å². The van der Waals surface area contributed by atoms with Crippen LogP contribution in [-0.4, -0.2) is 63.7 Å². The molecule has 4 rings (SSSR count). The largest absolute Gasteiger partial charge is 0.390 e. The summed E-state index contributed by atoms with van der Waals surface area (Å²) in [6.45, 7) is 3.54. The molecule has 0 radical (unpaired) electrons. The number of carbonyl (C=O) groups is 1. The Bertz CT molecular complexity index is 1090. The summed E-state index contributed by atoms with van der Waals surface area (Å²) in [6, 6.07) is 12.6. The number of carbonyl (C=O) groups excluding carboxylic acids is 1. The van der Waals surface area contributed by atoms with E-state index in [0.717, 1.165) is 36.9 Å². The topological polar surface area (TPSA) is 117 Å². The second-order valence-corrected chi connectivity index (χ2v) is 13.2. The fraction of sp³-hybridized carbons (Fsp3) is 0.552. The minimum atomic E-state index is -2.93. The van der Waals surface area contributed by atoms with Crippen LogP contribution in [0.3, 0.4) is 0 Å². The van der Waals surface area contributed by atoms with E-state index in [2.05, 4.69) is 16.0 Å². The SMILES string of the molecule is CCNc1cc(C(=O)N[C@@H](Cc2ccc(Cl)cc2)[C@@H](O)CNC2CCCCC2)cc(N2CCCCS2(O)O)c1.Cl. The molecule has 0 bridgehead atoms. The zero-order chi connectivity index (χ0) is 27.8. The zero-order valence-corrected chi connectivity index (χ0v) is 25.5. The lowest BCUT2D eigenvalue weighted by atomic mass is 9.95. The van der Waals surface area contributed by atoms with Crippen molar-refractivity contribution in [2.75, 3.05) is 35.0 Å². The number of benzene rings is 2. The summed E-state index contributed by atoms with van der Waals surface area (Å²) >= 11 is 6.08. The number of hydrogen-bond donors (Lipinski definition) is 6. The molecule has 1 amide bonds. The molecule has 0 aromatic heterocycles. The van der Waals surface area contributed by atoms with Gasteiger partial charge in [-0.2, -0.15) is 0 Å². The molecule has 224 valence electrons. The van der Waals surface area contributed by atoms with Crippen LogP contribution in [0.15, 0.2) is 42.5 Å². The van der Waals surface area contributed by atoms with E-state index >= 15 is 0 Å². The zero-order valence-electron chi connectivity index (χ0n) is 23.2. The first kappa shape index (κ1) is 32.8. The first-order chi connectivity index (χ1) is 18.7. The van der Waals surface area contributed by atoms with Crippen molar-refractivity contribution in [1.29, 1.82) is 0 Å². The van der Waals surface area contributed by atoms with Gasteiger partial charge in [0.1, 0.15) is 0 Å². The molecule has 0 unspecified atom stereocenters. The van der Waals surface area contributed by atoms with Gasteiger partial charge in [-0.3, -0.25) is 18.2 Å². The van der Waals surface area contributed by atoms with Gasteiger partial charge in [-0.05, 0) is 74.9 Å². The van der Waals surface area contributed by atoms with Crippen LogP contribution >= 0.6 is 34.8 Å². The number of aliphatic hydroxyl groups excluding tert-OH is 1. The smallest absolute Gasteiger partial charge is 0.251 e. The van der Waals surface area contributed by atoms with Crippen molar-refractivity contribution >= 4 is 52.1 Å². The van der Waals surface area contributed by atoms with Crippen molar-refractivity contribution in [3.05, 3.63) is 58.6 Å². The standard InChI is InChI=1S/C29H43ClN4O4S.ClH/c1-2-31-25-17-22(18-26(19-25)34-14-6-7-15-39(34,37)38)29(36)33-27(16-21-10-12-23(30)13-11-21)28(35)20-32-24-8-4-3-5-9-24;/h10-13,17-19,24,27-28,31-32,35,37-38H,2-9,14-16,20H2,1H3,(H,33,36);1H/t27-,28-;/m0./s1. The van der Waals surface area contributed by atoms with Gasteiger partial charge in [0.2, 0.25) is 0 Å². The van der Waals surface area contributed by atoms with Gasteiger partial charge < -0.3 is 21.1 Å². The van der Waals surface area contributed by atoms with Gasteiger partial charge in [-0.25, -0.2) is 0 Å². The quantitative estimate of drug-likeness (QED) is 0.181. The molecule has 11 heteroatoms. The minimum absolute atomic E-state index is 0. The molecular formula is C29H44Cl2N4O4S. The number of rotatable bonds is 11. The highest BCUT2D eigenvalue weighted by atomic mass is 35.5. The summed E-state index contributed by atoms with van der Waals surface area (Å²) < 4.78 is 23.0. The molecule has 8 nitrogen and oxygen atoms in total. The lowest BCUT2D eigenvalue weighted by Gasteiger charge is -2.47. The van der Waals surface area contributed by atoms with Crippen LogP contribution in [0.4, 0.5) is 11.4 Å². The molecule has 2 aliphatic rings. The second kappa shape index (κ2) is 15.5. The highest BCUT2D eigenvalue weighted by Gasteiger charge is 2.29. The van der Waals surface area contributed by atoms with Gasteiger partial charge in [0.25, 0.3) is 5.91 Å². The number of nitrogens with zero attached hydrogens (tertiary/aromatic N) is 1. The average Bonchev–Trinajstić information content (AvgIpc) is 2.93. The molecule has 2 aromatic carbocycles. The Morgan fingerprint density at radius 3 is 2.48 bits per heavy atom. The molecule has 2 fully saturated rings. The van der Waals surface area contributed by atoms with Gasteiger partial charge in [0, 0.05) is 41.9 Å². The van der Waals surface area contributed by atoms with Gasteiger partial charge in [-0.1, -0.05) is 43.0 Å². The second-order valence-electron chi connectivity index (χ2n) is 10.7. The molecule has 1 saturated carbocycles. The number of halogens is 2. The minimum Gasteiger partial charge on any atom is -0.390 e. The number of hydrogen-bond acceptors (Lipinski definition) is 7. The van der Waals surface area contributed by atoms with E-state index in [0.29, 0.717) is 54.1 Å². The maximum Gasteiger partial charge on any atom is 0.251 e. The number of nitrogens with one attached hydrogen (secondary N) is 3. The Kier molecular flexibility index (Phi) is 12.7. The molecule has 6 N–H and O–H groups in total. The number of aliphatic hydroxyl groups is 1. The van der Waals surface area contributed by atoms with E-state index in [1.54, 1.807) is 16.4 Å². The van der Waals surface area contributed by atoms with Crippen LogP contribution < -0.4 is 20.3 Å². The van der Waals surface area contributed by atoms with Crippen LogP contribution in [-0.2, 0) is 6.42 Å². The van der Waals surface area contributed by atoms with E-state index in [1.807, 2.05) is 37.3 Å². The third kappa shape index (κ3) is 9.14. The summed E-state index contributed by atoms with van der Waals surface area (Å²) in [4.78, 5) is 13.6. The lowest BCUT2D eigenvalue weighted by Crippen LogP contribution is -2.50. The van der Waals surface area contributed by atoms with E-state index in [4.69, 9.17) is 11.6 Å². The van der Waals surface area contributed by atoms with Gasteiger partial charge in [0.15, 0.2) is 0 Å². The molecule has 1 saturated heterocycles. The van der Waals surface area contributed by atoms with Crippen LogP contribution in [0.5, 0.6) is 0 Å². The maximum atomic E-state index is 13.6. The molecule has 1 aliphatic heterocycles. The van der Waals surface area contributed by atoms with Crippen LogP contribution in [0.1, 0.15) is 67.8 Å². The van der Waals surface area contributed by atoms with E-state index in [9.17, 15) is 19.0 Å². The number of amides is 1. The Morgan fingerprint density at radius 1 is 1.07 bits per heavy atom. The van der Waals surface area contributed by atoms with E-state index in [1.165, 1.54) is 19.3 Å². The number of anilines is 2. The molecule has 40 heavy (non-hydrogen) atoms. The van der Waals surface area contributed by atoms with Gasteiger partial charge in [0.05, 0.1) is 23.6 Å². The summed E-state index contributed by atoms with van der Waals surface area (Å²) in [5, 5.41) is 21.7. The van der Waals surface area contributed by atoms with Gasteiger partial charge >= 0.3 is 0 Å². The summed E-state index contributed by atoms with van der Waals surface area (Å²) in [7, 11) is -2.93. The molecule has 0 spiro atoms. The summed E-state index contributed by atoms with van der Waals surface area (Å²) in [5.74, 6) is 0.00345. The van der Waals surface area contributed by atoms with Crippen molar-refractivity contribution in [3.8, 4) is 0 Å². The molecule has 1 heterocycles. The molecule has 1 aliphatic carbocycles. The van der Waals surface area contributed by atoms with Crippen LogP contribution in [0.2, 0.25) is 5.02 Å². The Balaban J connectivity index is 0.00000441. The van der Waals surface area contributed by atoms with E-state index < -0.39 is 22.9 Å². The first-order valence-electron chi connectivity index (χ1n) is 14.1. The fourth-order valence-corrected chi connectivity index (χ4v) is 7.25. The maximum absolute atomic E-state index is 13.6. The van der Waals surface area contributed by atoms with Crippen LogP contribution in [0.25, 0.3) is 0 Å². The lowest BCUT2D eigenvalue weighted by molar-refractivity contribution is 0.0821.